The Balaban J connectivity index is 2.22. The van der Waals surface area contributed by atoms with Gasteiger partial charge in [-0.2, -0.15) is 0 Å². The van der Waals surface area contributed by atoms with Crippen LogP contribution in [0.2, 0.25) is 0 Å². The van der Waals surface area contributed by atoms with Gasteiger partial charge >= 0.3 is 5.97 Å². The minimum atomic E-state index is -0.361. The first-order valence-electron chi connectivity index (χ1n) is 8.23. The van der Waals surface area contributed by atoms with Crippen molar-refractivity contribution in [3.8, 4) is 11.1 Å². The minimum absolute atomic E-state index is 0.248. The Kier molecular flexibility index (Phi) is 6.33. The highest BCUT2D eigenvalue weighted by Crippen LogP contribution is 2.26. The molecule has 2 rings (SSSR count). The summed E-state index contributed by atoms with van der Waals surface area (Å²) >= 11 is 0. The maximum atomic E-state index is 11.7. The van der Waals surface area contributed by atoms with E-state index in [0.717, 1.165) is 35.1 Å². The molecule has 0 aliphatic heterocycles. The van der Waals surface area contributed by atoms with Crippen LogP contribution < -0.4 is 5.73 Å². The Labute approximate surface area is 144 Å². The number of carbonyl (C=O) groups excluding carboxylic acids is 1. The number of benzene rings is 2. The van der Waals surface area contributed by atoms with E-state index in [2.05, 4.69) is 49.0 Å². The molecule has 0 fully saturated rings. The molecule has 0 bridgehead atoms. The number of hydrogen-bond donors (Lipinski definition) is 1. The van der Waals surface area contributed by atoms with Crippen molar-refractivity contribution < 1.29 is 9.53 Å². The van der Waals surface area contributed by atoms with Crippen molar-refractivity contribution in [2.24, 2.45) is 5.73 Å². The lowest BCUT2D eigenvalue weighted by Gasteiger charge is -2.12. The molecular weight excluding hydrogens is 298 g/mol. The van der Waals surface area contributed by atoms with E-state index in [1.54, 1.807) is 6.92 Å². The van der Waals surface area contributed by atoms with Crippen LogP contribution in [0.15, 0.2) is 54.6 Å². The lowest BCUT2D eigenvalue weighted by Crippen LogP contribution is -2.06. The van der Waals surface area contributed by atoms with Gasteiger partial charge in [-0.3, -0.25) is 0 Å². The third-order valence-electron chi connectivity index (χ3n) is 3.90. The summed E-state index contributed by atoms with van der Waals surface area (Å²) in [5, 5.41) is 0. The Morgan fingerprint density at radius 1 is 1.17 bits per heavy atom. The topological polar surface area (TPSA) is 52.3 Å². The Bertz CT molecular complexity index is 717. The summed E-state index contributed by atoms with van der Waals surface area (Å²) < 4.78 is 5.33. The average Bonchev–Trinajstić information content (AvgIpc) is 2.58. The normalized spacial score (nSPS) is 10.5. The highest BCUT2D eigenvalue weighted by Gasteiger charge is 2.09. The van der Waals surface area contributed by atoms with Gasteiger partial charge in [0.25, 0.3) is 0 Å². The summed E-state index contributed by atoms with van der Waals surface area (Å²) in [7, 11) is 0. The summed E-state index contributed by atoms with van der Waals surface area (Å²) in [6, 6.07) is 14.7. The fourth-order valence-electron chi connectivity index (χ4n) is 2.55. The molecule has 0 aliphatic carbocycles. The average molecular weight is 323 g/mol. The third-order valence-corrected chi connectivity index (χ3v) is 3.90. The molecule has 24 heavy (non-hydrogen) atoms. The predicted molar refractivity (Wildman–Crippen MR) is 98.6 cm³/mol. The fourth-order valence-corrected chi connectivity index (χ4v) is 2.55. The van der Waals surface area contributed by atoms with E-state index in [9.17, 15) is 4.79 Å². The second kappa shape index (κ2) is 8.46. The first-order valence-corrected chi connectivity index (χ1v) is 8.23. The second-order valence-electron chi connectivity index (χ2n) is 6.11. The molecule has 0 atom stereocenters. The molecular formula is C21H25NO2. The zero-order valence-corrected chi connectivity index (χ0v) is 14.5. The van der Waals surface area contributed by atoms with Crippen LogP contribution in [0.3, 0.4) is 0 Å². The Morgan fingerprint density at radius 2 is 1.88 bits per heavy atom. The number of aryl methyl sites for hydroxylation is 2. The molecule has 0 radical (unpaired) electrons. The quantitative estimate of drug-likeness (QED) is 0.614. The van der Waals surface area contributed by atoms with Gasteiger partial charge in [0, 0.05) is 5.57 Å². The molecule has 0 heterocycles. The van der Waals surface area contributed by atoms with Crippen LogP contribution in [-0.2, 0) is 22.6 Å². The van der Waals surface area contributed by atoms with Gasteiger partial charge in [0.1, 0.15) is 6.61 Å². The number of ether oxygens (including phenoxy) is 1. The highest BCUT2D eigenvalue weighted by atomic mass is 16.5. The Hall–Kier alpha value is -2.39. The van der Waals surface area contributed by atoms with Crippen LogP contribution in [0, 0.1) is 6.92 Å². The number of carbonyl (C=O) groups is 1. The summed E-state index contributed by atoms with van der Waals surface area (Å²) in [6.45, 7) is 8.25. The molecule has 2 aromatic rings. The molecule has 2 N–H and O–H groups in total. The standard InChI is InChI=1S/C21H25NO2/c1-15(2)21(23)24-14-19-13-16(3)6-11-20(19)18-9-7-17(8-10-18)5-4-12-22/h6-11,13H,1,4-5,12,14,22H2,2-3H3. The van der Waals surface area contributed by atoms with Crippen LogP contribution >= 0.6 is 0 Å². The van der Waals surface area contributed by atoms with Crippen molar-refractivity contribution in [1.29, 1.82) is 0 Å². The van der Waals surface area contributed by atoms with Gasteiger partial charge < -0.3 is 10.5 Å². The van der Waals surface area contributed by atoms with Crippen LogP contribution in [0.5, 0.6) is 0 Å². The van der Waals surface area contributed by atoms with Crippen LogP contribution in [-0.4, -0.2) is 12.5 Å². The molecule has 0 saturated heterocycles. The van der Waals surface area contributed by atoms with Crippen molar-refractivity contribution in [2.45, 2.75) is 33.3 Å². The number of hydrogen-bond acceptors (Lipinski definition) is 3. The molecule has 3 heteroatoms. The van der Waals surface area contributed by atoms with Crippen molar-refractivity contribution in [3.63, 3.8) is 0 Å². The molecule has 0 amide bonds. The van der Waals surface area contributed by atoms with E-state index in [4.69, 9.17) is 10.5 Å². The van der Waals surface area contributed by atoms with Crippen molar-refractivity contribution in [2.75, 3.05) is 6.54 Å². The van der Waals surface area contributed by atoms with Gasteiger partial charge in [0.05, 0.1) is 0 Å². The monoisotopic (exact) mass is 323 g/mol. The van der Waals surface area contributed by atoms with E-state index in [-0.39, 0.29) is 12.6 Å². The minimum Gasteiger partial charge on any atom is -0.457 e. The number of rotatable bonds is 7. The van der Waals surface area contributed by atoms with E-state index in [1.165, 1.54) is 5.56 Å². The SMILES string of the molecule is C=C(C)C(=O)OCc1cc(C)ccc1-c1ccc(CCCN)cc1. The molecule has 0 unspecified atom stereocenters. The van der Waals surface area contributed by atoms with Gasteiger partial charge in [-0.25, -0.2) is 4.79 Å². The largest absolute Gasteiger partial charge is 0.457 e. The molecule has 0 saturated carbocycles. The lowest BCUT2D eigenvalue weighted by atomic mass is 9.96. The van der Waals surface area contributed by atoms with Crippen LogP contribution in [0.1, 0.15) is 30.0 Å². The van der Waals surface area contributed by atoms with E-state index >= 15 is 0 Å². The zero-order valence-electron chi connectivity index (χ0n) is 14.5. The summed E-state index contributed by atoms with van der Waals surface area (Å²) in [6.07, 6.45) is 1.99. The zero-order chi connectivity index (χ0) is 17.5. The predicted octanol–water partition coefficient (Wildman–Crippen LogP) is 4.17. The maximum Gasteiger partial charge on any atom is 0.333 e. The van der Waals surface area contributed by atoms with Gasteiger partial charge in [-0.05, 0) is 55.5 Å². The van der Waals surface area contributed by atoms with Crippen molar-refractivity contribution in [1.82, 2.24) is 0 Å². The highest BCUT2D eigenvalue weighted by molar-refractivity contribution is 5.87. The van der Waals surface area contributed by atoms with Gasteiger partial charge in [0.2, 0.25) is 0 Å². The lowest BCUT2D eigenvalue weighted by molar-refractivity contribution is -0.140. The smallest absolute Gasteiger partial charge is 0.333 e. The molecule has 0 aromatic heterocycles. The van der Waals surface area contributed by atoms with Crippen molar-refractivity contribution >= 4 is 5.97 Å². The summed E-state index contributed by atoms with van der Waals surface area (Å²) in [5.74, 6) is -0.361. The van der Waals surface area contributed by atoms with E-state index < -0.39 is 0 Å². The van der Waals surface area contributed by atoms with E-state index in [1.807, 2.05) is 6.92 Å². The van der Waals surface area contributed by atoms with Crippen molar-refractivity contribution in [3.05, 3.63) is 71.3 Å². The number of nitrogens with two attached hydrogens (primary N) is 1. The van der Waals surface area contributed by atoms with Crippen LogP contribution in [0.4, 0.5) is 0 Å². The first kappa shape index (κ1) is 18.0. The summed E-state index contributed by atoms with van der Waals surface area (Å²) in [5.41, 5.74) is 11.6. The second-order valence-corrected chi connectivity index (χ2v) is 6.11. The van der Waals surface area contributed by atoms with E-state index in [0.29, 0.717) is 12.1 Å². The number of esters is 1. The first-order chi connectivity index (χ1) is 11.5. The van der Waals surface area contributed by atoms with Gasteiger partial charge in [-0.1, -0.05) is 54.6 Å². The molecule has 3 nitrogen and oxygen atoms in total. The third kappa shape index (κ3) is 4.80. The van der Waals surface area contributed by atoms with Crippen LogP contribution in [0.25, 0.3) is 11.1 Å². The summed E-state index contributed by atoms with van der Waals surface area (Å²) in [4.78, 5) is 11.7. The fraction of sp³-hybridized carbons (Fsp3) is 0.286. The molecule has 126 valence electrons. The van der Waals surface area contributed by atoms with Gasteiger partial charge in [0.15, 0.2) is 0 Å². The molecule has 0 aliphatic rings. The maximum absolute atomic E-state index is 11.7. The van der Waals surface area contributed by atoms with Gasteiger partial charge in [-0.15, -0.1) is 0 Å². The molecule has 2 aromatic carbocycles. The molecule has 0 spiro atoms. The Morgan fingerprint density at radius 3 is 2.50 bits per heavy atom.